The average Bonchev–Trinajstić information content (AvgIpc) is 2.44. The summed E-state index contributed by atoms with van der Waals surface area (Å²) in [6.45, 7) is 7.45. The van der Waals surface area contributed by atoms with Gasteiger partial charge < -0.3 is 14.7 Å². The summed E-state index contributed by atoms with van der Waals surface area (Å²) in [5, 5.41) is 8.76. The first kappa shape index (κ1) is 15.6. The second kappa shape index (κ2) is 6.30. The van der Waals surface area contributed by atoms with Gasteiger partial charge in [-0.05, 0) is 38.5 Å². The van der Waals surface area contributed by atoms with Crippen LogP contribution in [0.2, 0.25) is 0 Å². The normalized spacial score (nSPS) is 17.0. The van der Waals surface area contributed by atoms with Crippen molar-refractivity contribution in [3.05, 3.63) is 34.9 Å². The van der Waals surface area contributed by atoms with E-state index in [1.165, 1.54) is 0 Å². The van der Waals surface area contributed by atoms with E-state index in [1.807, 2.05) is 37.8 Å². The zero-order valence-electron chi connectivity index (χ0n) is 12.8. The van der Waals surface area contributed by atoms with Gasteiger partial charge in [0.05, 0.1) is 12.2 Å². The topological polar surface area (TPSA) is 49.8 Å². The molecule has 112 valence electrons. The van der Waals surface area contributed by atoms with Crippen molar-refractivity contribution in [3.63, 3.8) is 0 Å². The van der Waals surface area contributed by atoms with Gasteiger partial charge in [-0.3, -0.25) is 4.79 Å². The Kier molecular flexibility index (Phi) is 4.66. The van der Waals surface area contributed by atoms with Crippen LogP contribution in [0.1, 0.15) is 35.3 Å². The second-order valence-corrected chi connectivity index (χ2v) is 5.82. The fourth-order valence-electron chi connectivity index (χ4n) is 2.43. The number of aliphatic hydroxyl groups is 1. The minimum absolute atomic E-state index is 0.0107. The van der Waals surface area contributed by atoms with Gasteiger partial charge in [-0.15, -0.1) is 0 Å². The molecule has 1 aromatic carbocycles. The molecule has 0 aliphatic carbocycles. The van der Waals surface area contributed by atoms with Crippen LogP contribution in [0.3, 0.4) is 0 Å². The van der Waals surface area contributed by atoms with Crippen LogP contribution in [0, 0.1) is 18.8 Å². The quantitative estimate of drug-likeness (QED) is 0.798. The molecule has 4 heteroatoms. The number of carbonyl (C=O) groups is 1. The lowest BCUT2D eigenvalue weighted by molar-refractivity contribution is -0.0764. The highest BCUT2D eigenvalue weighted by molar-refractivity contribution is 5.96. The Bertz CT molecular complexity index is 596. The molecular weight excluding hydrogens is 266 g/mol. The van der Waals surface area contributed by atoms with Crippen molar-refractivity contribution in [2.75, 3.05) is 26.3 Å². The third-order valence-electron chi connectivity index (χ3n) is 3.49. The van der Waals surface area contributed by atoms with Crippen LogP contribution in [0.5, 0.6) is 0 Å². The minimum atomic E-state index is -0.309. The van der Waals surface area contributed by atoms with E-state index in [4.69, 9.17) is 9.84 Å². The van der Waals surface area contributed by atoms with Crippen LogP contribution in [-0.2, 0) is 4.74 Å². The fraction of sp³-hybridized carbons (Fsp3) is 0.471. The molecule has 1 aromatic rings. The van der Waals surface area contributed by atoms with E-state index in [9.17, 15) is 4.79 Å². The molecule has 21 heavy (non-hydrogen) atoms. The number of amides is 1. The van der Waals surface area contributed by atoms with E-state index in [0.717, 1.165) is 11.1 Å². The minimum Gasteiger partial charge on any atom is -0.384 e. The molecule has 4 nitrogen and oxygen atoms in total. The Morgan fingerprint density at radius 1 is 1.48 bits per heavy atom. The summed E-state index contributed by atoms with van der Waals surface area (Å²) in [6.07, 6.45) is 0. The van der Waals surface area contributed by atoms with E-state index in [-0.39, 0.29) is 18.1 Å². The molecule has 0 aromatic heterocycles. The summed E-state index contributed by atoms with van der Waals surface area (Å²) in [6, 6.07) is 5.54. The molecule has 1 heterocycles. The standard InChI is InChI=1S/C17H21NO3/c1-13-6-7-14(5-4-9-19)11-15(13)16(20)18-8-10-21-17(2,3)12-18/h6-7,11,19H,8-10,12H2,1-3H3. The van der Waals surface area contributed by atoms with E-state index < -0.39 is 0 Å². The van der Waals surface area contributed by atoms with Crippen LogP contribution in [0.15, 0.2) is 18.2 Å². The summed E-state index contributed by atoms with van der Waals surface area (Å²) in [7, 11) is 0. The van der Waals surface area contributed by atoms with Crippen molar-refractivity contribution in [3.8, 4) is 11.8 Å². The zero-order valence-corrected chi connectivity index (χ0v) is 12.8. The number of nitrogens with zero attached hydrogens (tertiary/aromatic N) is 1. The first-order valence-corrected chi connectivity index (χ1v) is 7.06. The maximum Gasteiger partial charge on any atom is 0.254 e. The summed E-state index contributed by atoms with van der Waals surface area (Å²) in [5.74, 6) is 5.45. The Morgan fingerprint density at radius 2 is 2.24 bits per heavy atom. The van der Waals surface area contributed by atoms with Gasteiger partial charge in [0.2, 0.25) is 0 Å². The lowest BCUT2D eigenvalue weighted by atomic mass is 10.0. The van der Waals surface area contributed by atoms with Gasteiger partial charge in [-0.1, -0.05) is 17.9 Å². The Balaban J connectivity index is 2.26. The molecule has 0 bridgehead atoms. The number of ether oxygens (including phenoxy) is 1. The number of hydrogen-bond donors (Lipinski definition) is 1. The van der Waals surface area contributed by atoms with Crippen LogP contribution < -0.4 is 0 Å². The van der Waals surface area contributed by atoms with Gasteiger partial charge in [0.1, 0.15) is 6.61 Å². The number of rotatable bonds is 1. The maximum absolute atomic E-state index is 12.7. The lowest BCUT2D eigenvalue weighted by Gasteiger charge is -2.38. The molecule has 1 fully saturated rings. The molecular formula is C17H21NO3. The molecule has 1 aliphatic heterocycles. The zero-order chi connectivity index (χ0) is 15.5. The van der Waals surface area contributed by atoms with Gasteiger partial charge in [0, 0.05) is 24.2 Å². The molecule has 0 spiro atoms. The molecule has 0 saturated carbocycles. The van der Waals surface area contributed by atoms with Gasteiger partial charge in [-0.2, -0.15) is 0 Å². The molecule has 1 N–H and O–H groups in total. The van der Waals surface area contributed by atoms with E-state index in [1.54, 1.807) is 6.07 Å². The lowest BCUT2D eigenvalue weighted by Crippen LogP contribution is -2.50. The number of hydrogen-bond acceptors (Lipinski definition) is 3. The summed E-state index contributed by atoms with van der Waals surface area (Å²) in [4.78, 5) is 14.5. The van der Waals surface area contributed by atoms with Crippen molar-refractivity contribution in [2.24, 2.45) is 0 Å². The van der Waals surface area contributed by atoms with Gasteiger partial charge >= 0.3 is 0 Å². The monoisotopic (exact) mass is 287 g/mol. The fourth-order valence-corrected chi connectivity index (χ4v) is 2.43. The Hall–Kier alpha value is -1.83. The number of aliphatic hydroxyl groups excluding tert-OH is 1. The number of aryl methyl sites for hydroxylation is 1. The molecule has 0 radical (unpaired) electrons. The highest BCUT2D eigenvalue weighted by Gasteiger charge is 2.30. The predicted octanol–water partition coefficient (Wildman–Crippen LogP) is 1.59. The summed E-state index contributed by atoms with van der Waals surface area (Å²) >= 11 is 0. The van der Waals surface area contributed by atoms with E-state index in [2.05, 4.69) is 11.8 Å². The number of morpholine rings is 1. The van der Waals surface area contributed by atoms with Crippen molar-refractivity contribution in [1.82, 2.24) is 4.90 Å². The summed E-state index contributed by atoms with van der Waals surface area (Å²) in [5.41, 5.74) is 2.03. The molecule has 1 amide bonds. The molecule has 0 atom stereocenters. The highest BCUT2D eigenvalue weighted by atomic mass is 16.5. The van der Waals surface area contributed by atoms with Crippen LogP contribution in [0.25, 0.3) is 0 Å². The third-order valence-corrected chi connectivity index (χ3v) is 3.49. The average molecular weight is 287 g/mol. The van der Waals surface area contributed by atoms with E-state index in [0.29, 0.717) is 25.3 Å². The van der Waals surface area contributed by atoms with Crippen molar-refractivity contribution in [1.29, 1.82) is 0 Å². The first-order chi connectivity index (χ1) is 9.93. The Morgan fingerprint density at radius 3 is 2.90 bits per heavy atom. The smallest absolute Gasteiger partial charge is 0.254 e. The summed E-state index contributed by atoms with van der Waals surface area (Å²) < 4.78 is 5.64. The van der Waals surface area contributed by atoms with Crippen LogP contribution >= 0.6 is 0 Å². The number of benzene rings is 1. The van der Waals surface area contributed by atoms with Crippen molar-refractivity contribution >= 4 is 5.91 Å². The maximum atomic E-state index is 12.7. The van der Waals surface area contributed by atoms with Gasteiger partial charge in [-0.25, -0.2) is 0 Å². The number of carbonyl (C=O) groups excluding carboxylic acids is 1. The Labute approximate surface area is 125 Å². The highest BCUT2D eigenvalue weighted by Crippen LogP contribution is 2.20. The SMILES string of the molecule is Cc1ccc(C#CCO)cc1C(=O)N1CCOC(C)(C)C1. The molecule has 0 unspecified atom stereocenters. The van der Waals surface area contributed by atoms with Crippen molar-refractivity contribution in [2.45, 2.75) is 26.4 Å². The predicted molar refractivity (Wildman–Crippen MR) is 81.1 cm³/mol. The van der Waals surface area contributed by atoms with Crippen LogP contribution in [0.4, 0.5) is 0 Å². The van der Waals surface area contributed by atoms with Gasteiger partial charge in [0.15, 0.2) is 0 Å². The first-order valence-electron chi connectivity index (χ1n) is 7.06. The largest absolute Gasteiger partial charge is 0.384 e. The van der Waals surface area contributed by atoms with Crippen LogP contribution in [-0.4, -0.2) is 47.8 Å². The molecule has 1 aliphatic rings. The second-order valence-electron chi connectivity index (χ2n) is 5.82. The molecule has 2 rings (SSSR count). The third kappa shape index (κ3) is 3.84. The van der Waals surface area contributed by atoms with E-state index >= 15 is 0 Å². The van der Waals surface area contributed by atoms with Gasteiger partial charge in [0.25, 0.3) is 5.91 Å². The molecule has 1 saturated heterocycles. The van der Waals surface area contributed by atoms with Crippen molar-refractivity contribution < 1.29 is 14.6 Å².